The van der Waals surface area contributed by atoms with E-state index in [0.717, 1.165) is 0 Å². The molecule has 3 unspecified atom stereocenters. The van der Waals surface area contributed by atoms with Crippen LogP contribution in [-0.2, 0) is 18.9 Å². The van der Waals surface area contributed by atoms with Crippen molar-refractivity contribution in [3.63, 3.8) is 0 Å². The van der Waals surface area contributed by atoms with Gasteiger partial charge in [-0.1, -0.05) is 12.2 Å². The van der Waals surface area contributed by atoms with Gasteiger partial charge in [0.05, 0.1) is 25.9 Å². The van der Waals surface area contributed by atoms with Crippen LogP contribution in [-0.4, -0.2) is 56.6 Å². The molecule has 0 aliphatic carbocycles. The third-order valence-electron chi connectivity index (χ3n) is 2.80. The van der Waals surface area contributed by atoms with Crippen molar-refractivity contribution in [2.24, 2.45) is 0 Å². The molecule has 0 radical (unpaired) electrons. The van der Waals surface area contributed by atoms with Crippen molar-refractivity contribution >= 4 is 0 Å². The Bertz CT molecular complexity index is 237. The predicted molar refractivity (Wildman–Crippen MR) is 56.0 cm³/mol. The molecular weight excluding hydrogens is 212 g/mol. The lowest BCUT2D eigenvalue weighted by atomic mass is 10.1. The third kappa shape index (κ3) is 2.81. The van der Waals surface area contributed by atoms with Crippen LogP contribution in [0.3, 0.4) is 0 Å². The summed E-state index contributed by atoms with van der Waals surface area (Å²) in [6.45, 7) is 1.24. The van der Waals surface area contributed by atoms with Crippen LogP contribution in [0.2, 0.25) is 0 Å². The highest BCUT2D eigenvalue weighted by molar-refractivity contribution is 5.03. The summed E-state index contributed by atoms with van der Waals surface area (Å²) in [5.41, 5.74) is 0. The van der Waals surface area contributed by atoms with Crippen LogP contribution in [0.5, 0.6) is 0 Å². The molecule has 1 N–H and O–H groups in total. The first-order valence-electron chi connectivity index (χ1n) is 5.54. The Hall–Kier alpha value is -0.460. The molecule has 92 valence electrons. The highest BCUT2D eigenvalue weighted by atomic mass is 16.7. The first-order valence-corrected chi connectivity index (χ1v) is 5.54. The number of ether oxygens (including phenoxy) is 4. The van der Waals surface area contributed by atoms with Crippen LogP contribution >= 0.6 is 0 Å². The second-order valence-electron chi connectivity index (χ2n) is 3.89. The monoisotopic (exact) mass is 230 g/mol. The highest BCUT2D eigenvalue weighted by Gasteiger charge is 2.29. The molecule has 2 rings (SSSR count). The molecule has 0 spiro atoms. The average molecular weight is 230 g/mol. The molecule has 0 saturated carbocycles. The highest BCUT2D eigenvalue weighted by Crippen LogP contribution is 2.21. The maximum absolute atomic E-state index is 9.17. The fourth-order valence-electron chi connectivity index (χ4n) is 1.95. The summed E-state index contributed by atoms with van der Waals surface area (Å²) >= 11 is 0. The van der Waals surface area contributed by atoms with Gasteiger partial charge in [-0.2, -0.15) is 0 Å². The van der Waals surface area contributed by atoms with E-state index >= 15 is 0 Å². The fraction of sp³-hybridized carbons (Fsp3) is 0.818. The number of rotatable bonds is 4. The number of hydrogen-bond donors (Lipinski definition) is 1. The summed E-state index contributed by atoms with van der Waals surface area (Å²) in [4.78, 5) is 0. The van der Waals surface area contributed by atoms with Crippen LogP contribution in [0.25, 0.3) is 0 Å². The molecule has 0 aromatic heterocycles. The minimum Gasteiger partial charge on any atom is -0.394 e. The largest absolute Gasteiger partial charge is 0.394 e. The number of methoxy groups -OCH3 is 1. The van der Waals surface area contributed by atoms with Crippen LogP contribution < -0.4 is 0 Å². The molecule has 5 heteroatoms. The van der Waals surface area contributed by atoms with Gasteiger partial charge in [-0.05, 0) is 0 Å². The minimum absolute atomic E-state index is 0.0499. The van der Waals surface area contributed by atoms with E-state index < -0.39 is 0 Å². The van der Waals surface area contributed by atoms with Gasteiger partial charge in [0.15, 0.2) is 6.29 Å². The van der Waals surface area contributed by atoms with E-state index in [1.807, 2.05) is 12.2 Å². The molecule has 16 heavy (non-hydrogen) atoms. The van der Waals surface area contributed by atoms with E-state index in [0.29, 0.717) is 19.6 Å². The molecule has 5 nitrogen and oxygen atoms in total. The van der Waals surface area contributed by atoms with E-state index in [1.165, 1.54) is 0 Å². The Kier molecular flexibility index (Phi) is 4.31. The van der Waals surface area contributed by atoms with E-state index in [2.05, 4.69) is 0 Å². The summed E-state index contributed by atoms with van der Waals surface area (Å²) in [5.74, 6) is 0. The zero-order valence-corrected chi connectivity index (χ0v) is 9.37. The molecule has 0 aromatic carbocycles. The maximum Gasteiger partial charge on any atom is 0.160 e. The van der Waals surface area contributed by atoms with Gasteiger partial charge in [0, 0.05) is 13.5 Å². The van der Waals surface area contributed by atoms with Crippen molar-refractivity contribution in [1.82, 2.24) is 0 Å². The van der Waals surface area contributed by atoms with E-state index in [-0.39, 0.29) is 31.2 Å². The van der Waals surface area contributed by atoms with Gasteiger partial charge in [0.2, 0.25) is 0 Å². The van der Waals surface area contributed by atoms with E-state index in [1.54, 1.807) is 7.11 Å². The molecule has 2 aliphatic heterocycles. The standard InChI is InChI=1S/C11H18O5/c1-13-9-3-2-8(16-10(9)7-12)6-11-14-4-5-15-11/h2-3,8-12H,4-7H2,1H3. The second-order valence-corrected chi connectivity index (χ2v) is 3.89. The van der Waals surface area contributed by atoms with Gasteiger partial charge in [-0.15, -0.1) is 0 Å². The maximum atomic E-state index is 9.17. The molecule has 0 amide bonds. The SMILES string of the molecule is COC1C=CC(CC2OCCO2)OC1CO. The zero-order valence-electron chi connectivity index (χ0n) is 9.37. The lowest BCUT2D eigenvalue weighted by Gasteiger charge is -2.31. The van der Waals surface area contributed by atoms with Crippen molar-refractivity contribution in [1.29, 1.82) is 0 Å². The Morgan fingerprint density at radius 3 is 2.69 bits per heavy atom. The van der Waals surface area contributed by atoms with Crippen LogP contribution in [0, 0.1) is 0 Å². The fourth-order valence-corrected chi connectivity index (χ4v) is 1.95. The van der Waals surface area contributed by atoms with Crippen molar-refractivity contribution < 1.29 is 24.1 Å². The quantitative estimate of drug-likeness (QED) is 0.693. The lowest BCUT2D eigenvalue weighted by molar-refractivity contribution is -0.124. The van der Waals surface area contributed by atoms with Crippen molar-refractivity contribution in [2.75, 3.05) is 26.9 Å². The summed E-state index contributed by atoms with van der Waals surface area (Å²) < 4.78 is 21.6. The normalized spacial score (nSPS) is 35.8. The first-order chi connectivity index (χ1) is 7.83. The van der Waals surface area contributed by atoms with Gasteiger partial charge < -0.3 is 24.1 Å². The topological polar surface area (TPSA) is 57.2 Å². The molecule has 2 heterocycles. The molecule has 0 aromatic rings. The molecular formula is C11H18O5. The third-order valence-corrected chi connectivity index (χ3v) is 2.80. The molecule has 0 bridgehead atoms. The Balaban J connectivity index is 1.87. The lowest BCUT2D eigenvalue weighted by Crippen LogP contribution is -2.40. The summed E-state index contributed by atoms with van der Waals surface area (Å²) in [7, 11) is 1.60. The Morgan fingerprint density at radius 1 is 1.31 bits per heavy atom. The van der Waals surface area contributed by atoms with Crippen molar-refractivity contribution in [3.05, 3.63) is 12.2 Å². The second kappa shape index (κ2) is 5.75. The molecule has 1 fully saturated rings. The minimum atomic E-state index is -0.304. The van der Waals surface area contributed by atoms with Crippen LogP contribution in [0.4, 0.5) is 0 Å². The Labute approximate surface area is 94.9 Å². The summed E-state index contributed by atoms with van der Waals surface area (Å²) in [5, 5.41) is 9.17. The number of aliphatic hydroxyl groups is 1. The zero-order chi connectivity index (χ0) is 11.4. The van der Waals surface area contributed by atoms with Gasteiger partial charge in [0.1, 0.15) is 12.2 Å². The van der Waals surface area contributed by atoms with Crippen LogP contribution in [0.1, 0.15) is 6.42 Å². The number of aliphatic hydroxyl groups excluding tert-OH is 1. The Morgan fingerprint density at radius 2 is 2.06 bits per heavy atom. The summed E-state index contributed by atoms with van der Waals surface area (Å²) in [6, 6.07) is 0. The molecule has 2 aliphatic rings. The van der Waals surface area contributed by atoms with Crippen LogP contribution in [0.15, 0.2) is 12.2 Å². The van der Waals surface area contributed by atoms with Crippen molar-refractivity contribution in [3.8, 4) is 0 Å². The average Bonchev–Trinajstić information content (AvgIpc) is 2.81. The van der Waals surface area contributed by atoms with E-state index in [4.69, 9.17) is 24.1 Å². The van der Waals surface area contributed by atoms with Gasteiger partial charge in [-0.25, -0.2) is 0 Å². The van der Waals surface area contributed by atoms with Gasteiger partial charge in [0.25, 0.3) is 0 Å². The molecule has 3 atom stereocenters. The van der Waals surface area contributed by atoms with Gasteiger partial charge in [-0.3, -0.25) is 0 Å². The van der Waals surface area contributed by atoms with Gasteiger partial charge >= 0.3 is 0 Å². The molecule has 1 saturated heterocycles. The predicted octanol–water partition coefficient (Wildman–Crippen LogP) is 0.0803. The number of hydrogen-bond acceptors (Lipinski definition) is 5. The smallest absolute Gasteiger partial charge is 0.160 e. The van der Waals surface area contributed by atoms with E-state index in [9.17, 15) is 0 Å². The summed E-state index contributed by atoms with van der Waals surface area (Å²) in [6.07, 6.45) is 3.77. The first kappa shape index (κ1) is 12.0. The van der Waals surface area contributed by atoms with Crippen molar-refractivity contribution in [2.45, 2.75) is 31.0 Å².